The predicted octanol–water partition coefficient (Wildman–Crippen LogP) is 8.85. The smallest absolute Gasteiger partial charge is 0.343 e. The van der Waals surface area contributed by atoms with Crippen LogP contribution in [-0.2, 0) is 9.47 Å². The third-order valence-corrected chi connectivity index (χ3v) is 7.56. The largest absolute Gasteiger partial charge is 0.494 e. The van der Waals surface area contributed by atoms with E-state index in [9.17, 15) is 9.59 Å². The van der Waals surface area contributed by atoms with Gasteiger partial charge in [-0.3, -0.25) is 4.48 Å². The number of quaternary nitrogens is 1. The van der Waals surface area contributed by atoms with Crippen LogP contribution in [0, 0.1) is 0 Å². The summed E-state index contributed by atoms with van der Waals surface area (Å²) in [5.41, 5.74) is 1.92. The Labute approximate surface area is 288 Å². The lowest BCUT2D eigenvalue weighted by atomic mass is 10.1. The van der Waals surface area contributed by atoms with E-state index in [1.807, 2.05) is 27.9 Å². The normalized spacial score (nSPS) is 15.1. The molecule has 8 nitrogen and oxygen atoms in total. The summed E-state index contributed by atoms with van der Waals surface area (Å²) >= 11 is 0. The number of ether oxygens (including phenoxy) is 4. The highest BCUT2D eigenvalue weighted by atomic mass is 16.5. The maximum Gasteiger partial charge on any atom is 0.343 e. The highest BCUT2D eigenvalue weighted by Gasteiger charge is 2.21. The summed E-state index contributed by atoms with van der Waals surface area (Å²) in [6, 6.07) is 13.6. The Kier molecular flexibility index (Phi) is 17.6. The molecule has 8 heteroatoms. The number of hydrogen-bond donors (Lipinski definition) is 0. The molecule has 48 heavy (non-hydrogen) atoms. The van der Waals surface area contributed by atoms with Gasteiger partial charge in [-0.1, -0.05) is 66.0 Å². The molecule has 0 aromatic heterocycles. The van der Waals surface area contributed by atoms with Crippen molar-refractivity contribution in [1.29, 1.82) is 0 Å². The topological polar surface area (TPSA) is 74.3 Å². The molecular formula is C40H55N2O6+. The number of carbonyl (C=O) groups excluding carboxylic acids is 2. The fraction of sp³-hybridized carbons (Fsp3) is 0.400. The van der Waals surface area contributed by atoms with Crippen LogP contribution >= 0.6 is 0 Å². The second-order valence-corrected chi connectivity index (χ2v) is 11.8. The van der Waals surface area contributed by atoms with Crippen LogP contribution < -0.4 is 9.47 Å². The van der Waals surface area contributed by atoms with Crippen LogP contribution in [0.1, 0.15) is 80.0 Å². The van der Waals surface area contributed by atoms with Crippen molar-refractivity contribution in [3.63, 3.8) is 0 Å². The maximum absolute atomic E-state index is 12.6. The second-order valence-electron chi connectivity index (χ2n) is 11.8. The van der Waals surface area contributed by atoms with Gasteiger partial charge in [0.1, 0.15) is 42.7 Å². The van der Waals surface area contributed by atoms with Crippen LogP contribution in [0.4, 0.5) is 0 Å². The summed E-state index contributed by atoms with van der Waals surface area (Å²) in [5.74, 6) is 0.413. The Morgan fingerprint density at radius 3 is 1.71 bits per heavy atom. The van der Waals surface area contributed by atoms with Crippen molar-refractivity contribution >= 4 is 11.9 Å². The van der Waals surface area contributed by atoms with Gasteiger partial charge in [-0.25, -0.2) is 9.59 Å². The number of carbonyl (C=O) groups is 2. The van der Waals surface area contributed by atoms with Crippen LogP contribution in [0.5, 0.6) is 11.5 Å². The Hall–Kier alpha value is -4.56. The molecule has 2 aromatic carbocycles. The molecule has 0 saturated heterocycles. The van der Waals surface area contributed by atoms with Crippen molar-refractivity contribution < 1.29 is 33.0 Å². The van der Waals surface area contributed by atoms with Crippen LogP contribution in [-0.4, -0.2) is 68.8 Å². The lowest BCUT2D eigenvalue weighted by Gasteiger charge is -2.32. The fourth-order valence-corrected chi connectivity index (χ4v) is 4.61. The molecule has 0 spiro atoms. The van der Waals surface area contributed by atoms with E-state index in [1.54, 1.807) is 48.5 Å². The Morgan fingerprint density at radius 1 is 0.771 bits per heavy atom. The molecule has 0 saturated carbocycles. The molecule has 2 aromatic rings. The summed E-state index contributed by atoms with van der Waals surface area (Å²) in [6.45, 7) is 16.6. The van der Waals surface area contributed by atoms with Gasteiger partial charge in [-0.15, -0.1) is 0 Å². The van der Waals surface area contributed by atoms with Crippen LogP contribution in [0.15, 0.2) is 109 Å². The average molecular weight is 660 g/mol. The first-order valence-electron chi connectivity index (χ1n) is 17.0. The van der Waals surface area contributed by atoms with Crippen LogP contribution in [0.2, 0.25) is 0 Å². The molecule has 0 N–H and O–H groups in total. The predicted molar refractivity (Wildman–Crippen MR) is 194 cm³/mol. The first-order valence-corrected chi connectivity index (χ1v) is 17.0. The SMILES string of the molecule is C=C(/C=C\C(=C)OC(=O)c1ccc(OCC[N+]2(C)C=CC(N(C)C)=CC2)cc1)OC(=O)c1ccc(OCCCCCCCC)cc1.CC. The number of likely N-dealkylation sites (N-methyl/N-ethyl adjacent to an activating group) is 2. The molecule has 1 heterocycles. The lowest BCUT2D eigenvalue weighted by molar-refractivity contribution is -0.854. The summed E-state index contributed by atoms with van der Waals surface area (Å²) in [6.07, 6.45) is 16.6. The zero-order valence-corrected chi connectivity index (χ0v) is 29.8. The molecule has 0 amide bonds. The fourth-order valence-electron chi connectivity index (χ4n) is 4.61. The van der Waals surface area contributed by atoms with Gasteiger partial charge in [0.15, 0.2) is 0 Å². The molecular weight excluding hydrogens is 604 g/mol. The quantitative estimate of drug-likeness (QED) is 0.0490. The van der Waals surface area contributed by atoms with E-state index in [0.717, 1.165) is 30.4 Å². The van der Waals surface area contributed by atoms with Crippen molar-refractivity contribution in [2.45, 2.75) is 59.3 Å². The molecule has 0 bridgehead atoms. The van der Waals surface area contributed by atoms with Gasteiger partial charge in [0.25, 0.3) is 0 Å². The summed E-state index contributed by atoms with van der Waals surface area (Å²) in [5, 5.41) is 0. The minimum Gasteiger partial charge on any atom is -0.494 e. The minimum absolute atomic E-state index is 0.0763. The van der Waals surface area contributed by atoms with Gasteiger partial charge in [0.2, 0.25) is 0 Å². The third kappa shape index (κ3) is 14.5. The zero-order chi connectivity index (χ0) is 35.4. The van der Waals surface area contributed by atoms with E-state index in [1.165, 1.54) is 43.5 Å². The van der Waals surface area contributed by atoms with E-state index in [0.29, 0.717) is 35.8 Å². The van der Waals surface area contributed by atoms with Gasteiger partial charge in [0.05, 0.1) is 31.0 Å². The molecule has 1 atom stereocenters. The standard InChI is InChI=1S/C38H49N2O6.C2H6/c1-7-8-9-10-11-12-28-43-35-19-15-32(16-20-35)37(41)45-30(2)13-14-31(3)46-38(42)33-17-21-36(22-18-33)44-29-27-40(6)25-23-34(24-26-40)39(4)5;1-2/h13-25H,2-3,7-12,26-29H2,1,4-6H3;1-2H3/q+1;/b14-13-;. The number of esters is 2. The molecule has 1 unspecified atom stereocenters. The zero-order valence-electron chi connectivity index (χ0n) is 29.8. The van der Waals surface area contributed by atoms with Gasteiger partial charge in [-0.2, -0.15) is 0 Å². The number of allylic oxidation sites excluding steroid dienone is 3. The summed E-state index contributed by atoms with van der Waals surface area (Å²) < 4.78 is 23.1. The van der Waals surface area contributed by atoms with Crippen molar-refractivity contribution in [2.75, 3.05) is 47.4 Å². The monoisotopic (exact) mass is 659 g/mol. The molecule has 0 aliphatic carbocycles. The molecule has 260 valence electrons. The molecule has 0 fully saturated rings. The third-order valence-electron chi connectivity index (χ3n) is 7.56. The molecule has 1 aliphatic heterocycles. The number of rotatable bonds is 19. The Bertz CT molecular complexity index is 1410. The maximum atomic E-state index is 12.6. The van der Waals surface area contributed by atoms with Crippen molar-refractivity contribution in [3.8, 4) is 11.5 Å². The van der Waals surface area contributed by atoms with Gasteiger partial charge < -0.3 is 23.8 Å². The molecule has 3 rings (SSSR count). The highest BCUT2D eigenvalue weighted by Crippen LogP contribution is 2.19. The van der Waals surface area contributed by atoms with E-state index in [4.69, 9.17) is 18.9 Å². The van der Waals surface area contributed by atoms with Crippen LogP contribution in [0.25, 0.3) is 0 Å². The van der Waals surface area contributed by atoms with E-state index >= 15 is 0 Å². The molecule has 0 radical (unpaired) electrons. The first-order chi connectivity index (χ1) is 23.1. The first kappa shape index (κ1) is 39.6. The van der Waals surface area contributed by atoms with Gasteiger partial charge >= 0.3 is 11.9 Å². The van der Waals surface area contributed by atoms with Crippen LogP contribution in [0.3, 0.4) is 0 Å². The van der Waals surface area contributed by atoms with E-state index < -0.39 is 11.9 Å². The Balaban J connectivity index is 0.00000392. The van der Waals surface area contributed by atoms with Crippen molar-refractivity contribution in [2.24, 2.45) is 0 Å². The molecule has 1 aliphatic rings. The number of hydrogen-bond acceptors (Lipinski definition) is 7. The minimum atomic E-state index is -0.567. The number of benzene rings is 2. The average Bonchev–Trinajstić information content (AvgIpc) is 3.08. The van der Waals surface area contributed by atoms with Gasteiger partial charge in [-0.05, 0) is 73.2 Å². The van der Waals surface area contributed by atoms with Crippen molar-refractivity contribution in [3.05, 3.63) is 121 Å². The summed E-state index contributed by atoms with van der Waals surface area (Å²) in [7, 11) is 6.23. The Morgan fingerprint density at radius 2 is 1.25 bits per heavy atom. The number of nitrogens with zero attached hydrogens (tertiary/aromatic N) is 2. The van der Waals surface area contributed by atoms with Gasteiger partial charge in [0, 0.05) is 25.9 Å². The summed E-state index contributed by atoms with van der Waals surface area (Å²) in [4.78, 5) is 27.2. The van der Waals surface area contributed by atoms with Crippen molar-refractivity contribution in [1.82, 2.24) is 4.90 Å². The second kappa shape index (κ2) is 21.3. The van der Waals surface area contributed by atoms with E-state index in [-0.39, 0.29) is 11.5 Å². The number of unbranched alkanes of at least 4 members (excludes halogenated alkanes) is 5. The highest BCUT2D eigenvalue weighted by molar-refractivity contribution is 5.91. The lowest BCUT2D eigenvalue weighted by Crippen LogP contribution is -2.43. The van der Waals surface area contributed by atoms with E-state index in [2.05, 4.69) is 50.4 Å².